The molecular formula is C19H25N3O2S. The molecule has 0 spiro atoms. The highest BCUT2D eigenvalue weighted by atomic mass is 32.1. The lowest BCUT2D eigenvalue weighted by atomic mass is 10.0. The summed E-state index contributed by atoms with van der Waals surface area (Å²) in [6.45, 7) is 5.45. The molecule has 1 saturated heterocycles. The minimum Gasteiger partial charge on any atom is -0.497 e. The van der Waals surface area contributed by atoms with Crippen LogP contribution in [0, 0.1) is 5.92 Å². The third-order valence-electron chi connectivity index (χ3n) is 4.45. The van der Waals surface area contributed by atoms with Gasteiger partial charge in [-0.2, -0.15) is 0 Å². The summed E-state index contributed by atoms with van der Waals surface area (Å²) in [4.78, 5) is 19.2. The number of nitrogens with zero attached hydrogens (tertiary/aromatic N) is 2. The molecule has 1 aromatic carbocycles. The molecule has 3 rings (SSSR count). The number of methoxy groups -OCH3 is 1. The molecule has 1 aliphatic heterocycles. The largest absolute Gasteiger partial charge is 0.497 e. The van der Waals surface area contributed by atoms with Gasteiger partial charge in [-0.1, -0.05) is 19.1 Å². The molecule has 1 aliphatic rings. The molecule has 2 heterocycles. The highest BCUT2D eigenvalue weighted by molar-refractivity contribution is 7.13. The number of hydrogen-bond acceptors (Lipinski definition) is 5. The number of thiazole rings is 1. The smallest absolute Gasteiger partial charge is 0.230 e. The van der Waals surface area contributed by atoms with Gasteiger partial charge in [0.2, 0.25) is 5.91 Å². The van der Waals surface area contributed by atoms with Crippen LogP contribution in [0.5, 0.6) is 5.75 Å². The zero-order valence-electron chi connectivity index (χ0n) is 14.8. The van der Waals surface area contributed by atoms with Crippen molar-refractivity contribution in [2.45, 2.75) is 32.7 Å². The maximum Gasteiger partial charge on any atom is 0.230 e. The standard InChI is InChI=1S/C19H25N3O2S/c1-14-4-3-9-22(11-14)12-16-13-25-19(20-16)21-18(23)10-15-5-7-17(24-2)8-6-15/h5-8,13-14H,3-4,9-12H2,1-2H3,(H,20,21,23)/t14-/m0/s1. The Hall–Kier alpha value is -1.92. The van der Waals surface area contributed by atoms with E-state index in [1.807, 2.05) is 29.6 Å². The zero-order chi connectivity index (χ0) is 17.6. The molecule has 0 saturated carbocycles. The highest BCUT2D eigenvalue weighted by Crippen LogP contribution is 2.21. The summed E-state index contributed by atoms with van der Waals surface area (Å²) in [7, 11) is 1.63. The van der Waals surface area contributed by atoms with Crippen LogP contribution in [0.4, 0.5) is 5.13 Å². The third-order valence-corrected chi connectivity index (χ3v) is 5.26. The minimum atomic E-state index is -0.0438. The first kappa shape index (κ1) is 17.9. The maximum atomic E-state index is 12.2. The molecule has 5 nitrogen and oxygen atoms in total. The molecule has 1 amide bonds. The molecular weight excluding hydrogens is 334 g/mol. The number of carbonyl (C=O) groups is 1. The van der Waals surface area contributed by atoms with Gasteiger partial charge in [-0.25, -0.2) is 4.98 Å². The van der Waals surface area contributed by atoms with Crippen molar-refractivity contribution >= 4 is 22.4 Å². The second-order valence-electron chi connectivity index (χ2n) is 6.70. The number of likely N-dealkylation sites (tertiary alicyclic amines) is 1. The van der Waals surface area contributed by atoms with Gasteiger partial charge in [-0.05, 0) is 43.0 Å². The summed E-state index contributed by atoms with van der Waals surface area (Å²) < 4.78 is 5.13. The number of rotatable bonds is 6. The van der Waals surface area contributed by atoms with Gasteiger partial charge in [0.25, 0.3) is 0 Å². The van der Waals surface area contributed by atoms with Crippen molar-refractivity contribution in [2.75, 3.05) is 25.5 Å². The van der Waals surface area contributed by atoms with E-state index in [4.69, 9.17) is 4.74 Å². The Morgan fingerprint density at radius 1 is 1.40 bits per heavy atom. The summed E-state index contributed by atoms with van der Waals surface area (Å²) in [5.74, 6) is 1.51. The molecule has 0 aliphatic carbocycles. The van der Waals surface area contributed by atoms with Crippen molar-refractivity contribution < 1.29 is 9.53 Å². The van der Waals surface area contributed by atoms with E-state index in [0.717, 1.165) is 42.6 Å². The van der Waals surface area contributed by atoms with Crippen molar-refractivity contribution in [1.29, 1.82) is 0 Å². The van der Waals surface area contributed by atoms with Crippen molar-refractivity contribution in [3.05, 3.63) is 40.9 Å². The Bertz CT molecular complexity index is 699. The topological polar surface area (TPSA) is 54.5 Å². The van der Waals surface area contributed by atoms with Gasteiger partial charge in [-0.15, -0.1) is 11.3 Å². The molecule has 25 heavy (non-hydrogen) atoms. The van der Waals surface area contributed by atoms with Crippen molar-refractivity contribution in [2.24, 2.45) is 5.92 Å². The Labute approximate surface area is 153 Å². The molecule has 0 unspecified atom stereocenters. The average Bonchev–Trinajstić information content (AvgIpc) is 3.02. The van der Waals surface area contributed by atoms with Gasteiger partial charge in [0.15, 0.2) is 5.13 Å². The van der Waals surface area contributed by atoms with E-state index in [1.54, 1.807) is 7.11 Å². The number of amides is 1. The number of benzene rings is 1. The number of anilines is 1. The van der Waals surface area contributed by atoms with Crippen LogP contribution in [0.3, 0.4) is 0 Å². The van der Waals surface area contributed by atoms with Crippen molar-refractivity contribution in [3.8, 4) is 5.75 Å². The van der Waals surface area contributed by atoms with Crippen molar-refractivity contribution in [3.63, 3.8) is 0 Å². The van der Waals surface area contributed by atoms with Gasteiger partial charge >= 0.3 is 0 Å². The fourth-order valence-corrected chi connectivity index (χ4v) is 3.91. The van der Waals surface area contributed by atoms with E-state index in [0.29, 0.717) is 11.6 Å². The van der Waals surface area contributed by atoms with E-state index < -0.39 is 0 Å². The Morgan fingerprint density at radius 2 is 2.20 bits per heavy atom. The number of hydrogen-bond donors (Lipinski definition) is 1. The molecule has 1 aromatic heterocycles. The van der Waals surface area contributed by atoms with Gasteiger partial charge in [0.05, 0.1) is 19.2 Å². The maximum absolute atomic E-state index is 12.2. The summed E-state index contributed by atoms with van der Waals surface area (Å²) in [5.41, 5.74) is 2.00. The number of ether oxygens (including phenoxy) is 1. The number of aromatic nitrogens is 1. The Morgan fingerprint density at radius 3 is 2.92 bits per heavy atom. The van der Waals surface area contributed by atoms with E-state index >= 15 is 0 Å². The SMILES string of the molecule is COc1ccc(CC(=O)Nc2nc(CN3CCC[C@H](C)C3)cs2)cc1. The fourth-order valence-electron chi connectivity index (χ4n) is 3.19. The molecule has 0 bridgehead atoms. The van der Waals surface area contributed by atoms with Crippen LogP contribution in [-0.2, 0) is 17.8 Å². The van der Waals surface area contributed by atoms with Crippen LogP contribution in [-0.4, -0.2) is 36.0 Å². The molecule has 1 N–H and O–H groups in total. The Kier molecular flexibility index (Phi) is 6.04. The monoisotopic (exact) mass is 359 g/mol. The number of nitrogens with one attached hydrogen (secondary N) is 1. The van der Waals surface area contributed by atoms with Crippen molar-refractivity contribution in [1.82, 2.24) is 9.88 Å². The van der Waals surface area contributed by atoms with E-state index in [-0.39, 0.29) is 5.91 Å². The quantitative estimate of drug-likeness (QED) is 0.857. The van der Waals surface area contributed by atoms with Crippen LogP contribution in [0.25, 0.3) is 0 Å². The predicted molar refractivity (Wildman–Crippen MR) is 101 cm³/mol. The Balaban J connectivity index is 1.50. The van der Waals surface area contributed by atoms with E-state index in [9.17, 15) is 4.79 Å². The van der Waals surface area contributed by atoms with Gasteiger partial charge in [-0.3, -0.25) is 9.69 Å². The average molecular weight is 359 g/mol. The number of carbonyl (C=O) groups excluding carboxylic acids is 1. The second kappa shape index (κ2) is 8.45. The molecule has 1 atom stereocenters. The lowest BCUT2D eigenvalue weighted by Crippen LogP contribution is -2.33. The van der Waals surface area contributed by atoms with Crippen LogP contribution in [0.2, 0.25) is 0 Å². The summed E-state index contributed by atoms with van der Waals surface area (Å²) >= 11 is 1.49. The lowest BCUT2D eigenvalue weighted by Gasteiger charge is -2.30. The number of piperidine rings is 1. The zero-order valence-corrected chi connectivity index (χ0v) is 15.6. The van der Waals surface area contributed by atoms with Gasteiger partial charge in [0.1, 0.15) is 5.75 Å². The first-order valence-corrected chi connectivity index (χ1v) is 9.60. The van der Waals surface area contributed by atoms with Crippen LogP contribution >= 0.6 is 11.3 Å². The van der Waals surface area contributed by atoms with Crippen LogP contribution in [0.15, 0.2) is 29.6 Å². The summed E-state index contributed by atoms with van der Waals surface area (Å²) in [6.07, 6.45) is 2.92. The summed E-state index contributed by atoms with van der Waals surface area (Å²) in [6, 6.07) is 7.54. The first-order chi connectivity index (χ1) is 12.1. The molecule has 1 fully saturated rings. The molecule has 6 heteroatoms. The minimum absolute atomic E-state index is 0.0438. The predicted octanol–water partition coefficient (Wildman–Crippen LogP) is 3.56. The molecule has 134 valence electrons. The van der Waals surface area contributed by atoms with Gasteiger partial charge in [0, 0.05) is 18.5 Å². The highest BCUT2D eigenvalue weighted by Gasteiger charge is 2.17. The summed E-state index contributed by atoms with van der Waals surface area (Å²) in [5, 5.41) is 5.63. The lowest BCUT2D eigenvalue weighted by molar-refractivity contribution is -0.115. The third kappa shape index (κ3) is 5.28. The van der Waals surface area contributed by atoms with Crippen LogP contribution < -0.4 is 10.1 Å². The fraction of sp³-hybridized carbons (Fsp3) is 0.474. The van der Waals surface area contributed by atoms with E-state index in [2.05, 4.69) is 22.1 Å². The molecule has 0 radical (unpaired) electrons. The van der Waals surface area contributed by atoms with Crippen LogP contribution in [0.1, 0.15) is 31.0 Å². The van der Waals surface area contributed by atoms with E-state index in [1.165, 1.54) is 24.2 Å². The first-order valence-electron chi connectivity index (χ1n) is 8.72. The normalized spacial score (nSPS) is 18.1. The molecule has 2 aromatic rings. The van der Waals surface area contributed by atoms with Gasteiger partial charge < -0.3 is 10.1 Å². The second-order valence-corrected chi connectivity index (χ2v) is 7.56.